The summed E-state index contributed by atoms with van der Waals surface area (Å²) in [5.74, 6) is -0.818. The number of aryl methyl sites for hydroxylation is 1. The number of carbonyl (C=O) groups is 2. The third-order valence-corrected chi connectivity index (χ3v) is 4.33. The fraction of sp³-hybridized carbons (Fsp3) is 0.235. The van der Waals surface area contributed by atoms with Crippen molar-refractivity contribution in [2.75, 3.05) is 0 Å². The zero-order valence-corrected chi connectivity index (χ0v) is 15.2. The predicted octanol–water partition coefficient (Wildman–Crippen LogP) is 3.61. The van der Waals surface area contributed by atoms with E-state index in [1.54, 1.807) is 12.3 Å². The van der Waals surface area contributed by atoms with Crippen molar-refractivity contribution < 1.29 is 9.59 Å². The minimum absolute atomic E-state index is 0.0380. The Hall–Kier alpha value is -2.18. The fourth-order valence-electron chi connectivity index (χ4n) is 1.97. The molecule has 0 aliphatic heterocycles. The molecule has 2 amide bonds. The van der Waals surface area contributed by atoms with Gasteiger partial charge in [-0.25, -0.2) is 5.43 Å². The van der Waals surface area contributed by atoms with Crippen LogP contribution in [0.4, 0.5) is 0 Å². The van der Waals surface area contributed by atoms with Gasteiger partial charge in [0.1, 0.15) is 0 Å². The Labute approximate surface area is 149 Å². The average Bonchev–Trinajstić information content (AvgIpc) is 2.91. The van der Waals surface area contributed by atoms with E-state index in [1.807, 2.05) is 32.2 Å². The van der Waals surface area contributed by atoms with Crippen LogP contribution < -0.4 is 10.7 Å². The van der Waals surface area contributed by atoms with E-state index < -0.39 is 5.91 Å². The molecular weight excluding hydrogens is 346 g/mol. The zero-order valence-electron chi connectivity index (χ0n) is 13.6. The summed E-state index contributed by atoms with van der Waals surface area (Å²) in [4.78, 5) is 25.5. The van der Waals surface area contributed by atoms with E-state index in [0.29, 0.717) is 5.02 Å². The Balaban J connectivity index is 2.19. The Morgan fingerprint density at radius 3 is 2.58 bits per heavy atom. The molecule has 126 valence electrons. The smallest absolute Gasteiger partial charge is 0.272 e. The number of carbonyl (C=O) groups excluding carboxylic acids is 2. The van der Waals surface area contributed by atoms with Crippen molar-refractivity contribution in [2.45, 2.75) is 26.8 Å². The first kappa shape index (κ1) is 18.2. The van der Waals surface area contributed by atoms with Crippen molar-refractivity contribution in [2.24, 2.45) is 5.10 Å². The lowest BCUT2D eigenvalue weighted by molar-refractivity contribution is 0.0914. The molecule has 0 aliphatic carbocycles. The van der Waals surface area contributed by atoms with Crippen molar-refractivity contribution in [3.05, 3.63) is 56.2 Å². The highest BCUT2D eigenvalue weighted by Crippen LogP contribution is 2.17. The molecule has 0 bridgehead atoms. The van der Waals surface area contributed by atoms with Crippen molar-refractivity contribution >= 4 is 41.0 Å². The van der Waals surface area contributed by atoms with Gasteiger partial charge in [0.25, 0.3) is 11.8 Å². The van der Waals surface area contributed by atoms with Crippen LogP contribution >= 0.6 is 22.9 Å². The molecule has 1 aromatic carbocycles. The number of nitrogens with one attached hydrogen (secondary N) is 2. The lowest BCUT2D eigenvalue weighted by Gasteiger charge is -2.11. The first-order valence-corrected chi connectivity index (χ1v) is 8.62. The van der Waals surface area contributed by atoms with Gasteiger partial charge in [0.2, 0.25) is 0 Å². The number of benzene rings is 1. The summed E-state index contributed by atoms with van der Waals surface area (Å²) < 4.78 is 0. The molecule has 1 aromatic heterocycles. The van der Waals surface area contributed by atoms with E-state index in [4.69, 9.17) is 11.6 Å². The summed E-state index contributed by atoms with van der Waals surface area (Å²) in [5.41, 5.74) is 3.96. The molecule has 0 atom stereocenters. The number of rotatable bonds is 5. The Morgan fingerprint density at radius 2 is 1.96 bits per heavy atom. The minimum Gasteiger partial charge on any atom is -0.350 e. The summed E-state index contributed by atoms with van der Waals surface area (Å²) in [6.07, 6.45) is 1.58. The Bertz CT molecular complexity index is 784. The second-order valence-electron chi connectivity index (χ2n) is 5.49. The molecule has 24 heavy (non-hydrogen) atoms. The number of hydrogen-bond acceptors (Lipinski definition) is 4. The number of hydrazone groups is 1. The number of amides is 2. The van der Waals surface area contributed by atoms with Crippen LogP contribution in [-0.4, -0.2) is 24.1 Å². The van der Waals surface area contributed by atoms with Crippen LogP contribution in [0.15, 0.2) is 34.7 Å². The van der Waals surface area contributed by atoms with E-state index in [-0.39, 0.29) is 23.1 Å². The summed E-state index contributed by atoms with van der Waals surface area (Å²) in [5, 5.41) is 9.04. The van der Waals surface area contributed by atoms with Gasteiger partial charge in [-0.3, -0.25) is 9.59 Å². The van der Waals surface area contributed by atoms with Crippen molar-refractivity contribution in [3.8, 4) is 0 Å². The molecule has 0 unspecified atom stereocenters. The minimum atomic E-state index is -0.489. The highest BCUT2D eigenvalue weighted by atomic mass is 35.5. The third kappa shape index (κ3) is 4.66. The number of nitrogens with zero attached hydrogens (tertiary/aromatic N) is 1. The topological polar surface area (TPSA) is 70.6 Å². The zero-order chi connectivity index (χ0) is 17.7. The second kappa shape index (κ2) is 8.08. The lowest BCUT2D eigenvalue weighted by atomic mass is 10.1. The molecule has 0 spiro atoms. The molecule has 2 rings (SSSR count). The van der Waals surface area contributed by atoms with Gasteiger partial charge in [0, 0.05) is 15.9 Å². The molecule has 0 radical (unpaired) electrons. The molecule has 2 N–H and O–H groups in total. The fourth-order valence-corrected chi connectivity index (χ4v) is 2.93. The Kier molecular flexibility index (Phi) is 6.11. The van der Waals surface area contributed by atoms with Crippen LogP contribution in [0.3, 0.4) is 0 Å². The molecule has 0 saturated heterocycles. The van der Waals surface area contributed by atoms with E-state index in [1.165, 1.54) is 23.5 Å². The average molecular weight is 364 g/mol. The van der Waals surface area contributed by atoms with Crippen LogP contribution in [0, 0.1) is 6.92 Å². The van der Waals surface area contributed by atoms with Crippen LogP contribution in [0.1, 0.15) is 45.0 Å². The summed E-state index contributed by atoms with van der Waals surface area (Å²) in [7, 11) is 0. The molecule has 0 fully saturated rings. The van der Waals surface area contributed by atoms with Gasteiger partial charge >= 0.3 is 0 Å². The molecule has 2 aromatic rings. The highest BCUT2D eigenvalue weighted by molar-refractivity contribution is 7.11. The first-order chi connectivity index (χ1) is 11.4. The van der Waals surface area contributed by atoms with Gasteiger partial charge in [-0.1, -0.05) is 11.6 Å². The standard InChI is InChI=1S/C17H18ClN3O2S/c1-10(2)20-16(22)13-5-4-12(18)8-14(13)17(23)21-19-9-15-11(3)6-7-24-15/h4-10H,1-3H3,(H,20,22)(H,21,23)/b19-9+. The van der Waals surface area contributed by atoms with E-state index in [2.05, 4.69) is 15.8 Å². The number of halogens is 1. The normalized spacial score (nSPS) is 11.0. The van der Waals surface area contributed by atoms with Crippen molar-refractivity contribution in [1.82, 2.24) is 10.7 Å². The highest BCUT2D eigenvalue weighted by Gasteiger charge is 2.18. The summed E-state index contributed by atoms with van der Waals surface area (Å²) in [6.45, 7) is 5.66. The maximum absolute atomic E-state index is 12.4. The van der Waals surface area contributed by atoms with Crippen molar-refractivity contribution in [1.29, 1.82) is 0 Å². The summed E-state index contributed by atoms with van der Waals surface area (Å²) in [6, 6.07) is 6.49. The SMILES string of the molecule is Cc1ccsc1/C=N/NC(=O)c1cc(Cl)ccc1C(=O)NC(C)C. The molecule has 0 aliphatic rings. The van der Waals surface area contributed by atoms with Crippen molar-refractivity contribution in [3.63, 3.8) is 0 Å². The summed E-state index contributed by atoms with van der Waals surface area (Å²) >= 11 is 7.49. The van der Waals surface area contributed by atoms with Crippen LogP contribution in [0.5, 0.6) is 0 Å². The monoisotopic (exact) mass is 363 g/mol. The molecular formula is C17H18ClN3O2S. The first-order valence-electron chi connectivity index (χ1n) is 7.36. The van der Waals surface area contributed by atoms with Gasteiger partial charge in [0.15, 0.2) is 0 Å². The van der Waals surface area contributed by atoms with Gasteiger partial charge < -0.3 is 5.32 Å². The van der Waals surface area contributed by atoms with E-state index in [0.717, 1.165) is 10.4 Å². The van der Waals surface area contributed by atoms with E-state index >= 15 is 0 Å². The third-order valence-electron chi connectivity index (χ3n) is 3.14. The van der Waals surface area contributed by atoms with Gasteiger partial charge in [-0.15, -0.1) is 11.3 Å². The van der Waals surface area contributed by atoms with Gasteiger partial charge in [0.05, 0.1) is 17.3 Å². The largest absolute Gasteiger partial charge is 0.350 e. The van der Waals surface area contributed by atoms with Crippen LogP contribution in [0.2, 0.25) is 5.02 Å². The maximum Gasteiger partial charge on any atom is 0.272 e. The quantitative estimate of drug-likeness (QED) is 0.629. The molecule has 1 heterocycles. The molecule has 0 saturated carbocycles. The van der Waals surface area contributed by atoms with Gasteiger partial charge in [-0.2, -0.15) is 5.10 Å². The Morgan fingerprint density at radius 1 is 1.21 bits per heavy atom. The number of thiophene rings is 1. The number of hydrogen-bond donors (Lipinski definition) is 2. The van der Waals surface area contributed by atoms with Gasteiger partial charge in [-0.05, 0) is 56.0 Å². The molecule has 7 heteroatoms. The van der Waals surface area contributed by atoms with Crippen LogP contribution in [0.25, 0.3) is 0 Å². The predicted molar refractivity (Wildman–Crippen MR) is 98.2 cm³/mol. The maximum atomic E-state index is 12.4. The van der Waals surface area contributed by atoms with Crippen LogP contribution in [-0.2, 0) is 0 Å². The second-order valence-corrected chi connectivity index (χ2v) is 6.87. The lowest BCUT2D eigenvalue weighted by Crippen LogP contribution is -2.32. The molecule has 5 nitrogen and oxygen atoms in total. The van der Waals surface area contributed by atoms with E-state index in [9.17, 15) is 9.59 Å².